The quantitative estimate of drug-likeness (QED) is 0.906. The maximum absolute atomic E-state index is 12.2. The van der Waals surface area contributed by atoms with Crippen LogP contribution in [0.15, 0.2) is 36.8 Å². The van der Waals surface area contributed by atoms with Crippen molar-refractivity contribution >= 4 is 6.03 Å². The van der Waals surface area contributed by atoms with Crippen LogP contribution < -0.4 is 10.6 Å². The number of urea groups is 1. The van der Waals surface area contributed by atoms with Gasteiger partial charge in [-0.3, -0.25) is 0 Å². The Hall–Kier alpha value is -2.34. The number of aryl methyl sites for hydroxylation is 2. The molecular formula is C18H24N4O2. The molecule has 6 nitrogen and oxygen atoms in total. The van der Waals surface area contributed by atoms with E-state index in [1.165, 1.54) is 5.56 Å². The van der Waals surface area contributed by atoms with Gasteiger partial charge >= 0.3 is 6.03 Å². The molecule has 1 aliphatic heterocycles. The van der Waals surface area contributed by atoms with Crippen LogP contribution in [0.5, 0.6) is 0 Å². The van der Waals surface area contributed by atoms with Gasteiger partial charge in [-0.25, -0.2) is 9.78 Å². The number of hydrogen-bond donors (Lipinski definition) is 2. The van der Waals surface area contributed by atoms with Crippen LogP contribution in [0.1, 0.15) is 35.8 Å². The number of hydrogen-bond acceptors (Lipinski definition) is 3. The first kappa shape index (κ1) is 16.5. The van der Waals surface area contributed by atoms with Crippen LogP contribution >= 0.6 is 0 Å². The highest BCUT2D eigenvalue weighted by atomic mass is 16.5. The average molecular weight is 328 g/mol. The van der Waals surface area contributed by atoms with Crippen LogP contribution in [0.4, 0.5) is 4.79 Å². The van der Waals surface area contributed by atoms with Gasteiger partial charge in [0.2, 0.25) is 0 Å². The SMILES string of the molecule is Cc1ccccc1CNC(=O)N[C@@H]1CCO[C@@H](c2cncn2C)C1. The Morgan fingerprint density at radius 3 is 3.00 bits per heavy atom. The van der Waals surface area contributed by atoms with Crippen molar-refractivity contribution in [3.05, 3.63) is 53.6 Å². The monoisotopic (exact) mass is 328 g/mol. The third-order valence-electron chi connectivity index (χ3n) is 4.50. The molecule has 0 radical (unpaired) electrons. The van der Waals surface area contributed by atoms with Crippen molar-refractivity contribution in [1.29, 1.82) is 0 Å². The number of rotatable bonds is 4. The first-order valence-corrected chi connectivity index (χ1v) is 8.30. The van der Waals surface area contributed by atoms with Crippen molar-refractivity contribution in [2.75, 3.05) is 6.61 Å². The highest BCUT2D eigenvalue weighted by Gasteiger charge is 2.26. The van der Waals surface area contributed by atoms with E-state index < -0.39 is 0 Å². The second-order valence-corrected chi connectivity index (χ2v) is 6.26. The number of aromatic nitrogens is 2. The lowest BCUT2D eigenvalue weighted by atomic mass is 10.0. The summed E-state index contributed by atoms with van der Waals surface area (Å²) in [6.45, 7) is 3.22. The van der Waals surface area contributed by atoms with E-state index in [0.717, 1.165) is 24.1 Å². The lowest BCUT2D eigenvalue weighted by molar-refractivity contribution is -0.00178. The summed E-state index contributed by atoms with van der Waals surface area (Å²) >= 11 is 0. The van der Waals surface area contributed by atoms with Crippen LogP contribution in [-0.2, 0) is 18.3 Å². The van der Waals surface area contributed by atoms with Gasteiger partial charge in [0.15, 0.2) is 0 Å². The molecule has 2 atom stereocenters. The fourth-order valence-electron chi connectivity index (χ4n) is 3.03. The molecule has 128 valence electrons. The second kappa shape index (κ2) is 7.49. The molecule has 1 aliphatic rings. The van der Waals surface area contributed by atoms with Crippen LogP contribution in [0.3, 0.4) is 0 Å². The van der Waals surface area contributed by atoms with Crippen molar-refractivity contribution in [3.8, 4) is 0 Å². The molecule has 0 spiro atoms. The number of nitrogens with one attached hydrogen (secondary N) is 2. The largest absolute Gasteiger partial charge is 0.372 e. The molecule has 0 saturated carbocycles. The van der Waals surface area contributed by atoms with E-state index >= 15 is 0 Å². The number of amides is 2. The normalized spacial score (nSPS) is 20.6. The molecule has 24 heavy (non-hydrogen) atoms. The van der Waals surface area contributed by atoms with Crippen molar-refractivity contribution in [1.82, 2.24) is 20.2 Å². The van der Waals surface area contributed by atoms with Crippen molar-refractivity contribution in [2.24, 2.45) is 7.05 Å². The van der Waals surface area contributed by atoms with E-state index in [4.69, 9.17) is 4.74 Å². The molecule has 2 amide bonds. The maximum Gasteiger partial charge on any atom is 0.315 e. The predicted octanol–water partition coefficient (Wildman–Crippen LogP) is 2.45. The van der Waals surface area contributed by atoms with Crippen molar-refractivity contribution < 1.29 is 9.53 Å². The average Bonchev–Trinajstić information content (AvgIpc) is 3.00. The van der Waals surface area contributed by atoms with Gasteiger partial charge in [-0.15, -0.1) is 0 Å². The predicted molar refractivity (Wildman–Crippen MR) is 91.5 cm³/mol. The van der Waals surface area contributed by atoms with Crippen molar-refractivity contribution in [2.45, 2.75) is 38.5 Å². The molecule has 3 rings (SSSR count). The molecule has 2 heterocycles. The van der Waals surface area contributed by atoms with Gasteiger partial charge in [0.25, 0.3) is 0 Å². The zero-order valence-electron chi connectivity index (χ0n) is 14.2. The van der Waals surface area contributed by atoms with E-state index in [9.17, 15) is 4.79 Å². The zero-order chi connectivity index (χ0) is 16.9. The summed E-state index contributed by atoms with van der Waals surface area (Å²) < 4.78 is 7.79. The third-order valence-corrected chi connectivity index (χ3v) is 4.50. The summed E-state index contributed by atoms with van der Waals surface area (Å²) in [5, 5.41) is 6.00. The van der Waals surface area contributed by atoms with Crippen molar-refractivity contribution in [3.63, 3.8) is 0 Å². The van der Waals surface area contributed by atoms with Gasteiger partial charge in [0.05, 0.1) is 18.2 Å². The minimum absolute atomic E-state index is 0.0204. The number of nitrogens with zero attached hydrogens (tertiary/aromatic N) is 2. The highest BCUT2D eigenvalue weighted by molar-refractivity contribution is 5.74. The Balaban J connectivity index is 1.51. The number of ether oxygens (including phenoxy) is 1. The third kappa shape index (κ3) is 3.94. The Morgan fingerprint density at radius 2 is 2.25 bits per heavy atom. The molecule has 2 aromatic rings. The molecule has 0 unspecified atom stereocenters. The Morgan fingerprint density at radius 1 is 1.42 bits per heavy atom. The summed E-state index contributed by atoms with van der Waals surface area (Å²) in [5.41, 5.74) is 3.36. The smallest absolute Gasteiger partial charge is 0.315 e. The van der Waals surface area contributed by atoms with E-state index in [0.29, 0.717) is 13.2 Å². The van der Waals surface area contributed by atoms with Crippen LogP contribution in [0, 0.1) is 6.92 Å². The van der Waals surface area contributed by atoms with Crippen LogP contribution in [0.25, 0.3) is 0 Å². The number of imidazole rings is 1. The molecule has 1 aromatic heterocycles. The fourth-order valence-corrected chi connectivity index (χ4v) is 3.03. The molecule has 1 saturated heterocycles. The van der Waals surface area contributed by atoms with E-state index in [1.807, 2.05) is 49.0 Å². The Labute approximate surface area is 142 Å². The lowest BCUT2D eigenvalue weighted by Gasteiger charge is -2.30. The number of carbonyl (C=O) groups is 1. The molecule has 0 aliphatic carbocycles. The summed E-state index contributed by atoms with van der Waals surface area (Å²) in [6.07, 6.45) is 5.16. The van der Waals surface area contributed by atoms with Gasteiger partial charge in [-0.1, -0.05) is 24.3 Å². The first-order valence-electron chi connectivity index (χ1n) is 8.30. The number of benzene rings is 1. The summed E-state index contributed by atoms with van der Waals surface area (Å²) in [5.74, 6) is 0. The van der Waals surface area contributed by atoms with Gasteiger partial charge in [-0.2, -0.15) is 0 Å². The second-order valence-electron chi connectivity index (χ2n) is 6.26. The topological polar surface area (TPSA) is 68.2 Å². The minimum Gasteiger partial charge on any atom is -0.372 e. The molecular weight excluding hydrogens is 304 g/mol. The summed E-state index contributed by atoms with van der Waals surface area (Å²) in [7, 11) is 1.96. The van der Waals surface area contributed by atoms with E-state index in [1.54, 1.807) is 6.33 Å². The standard InChI is InChI=1S/C18H24N4O2/c1-13-5-3-4-6-14(13)10-20-18(23)21-15-7-8-24-17(9-15)16-11-19-12-22(16)2/h3-6,11-12,15,17H,7-10H2,1-2H3,(H2,20,21,23)/t15-,17-/m1/s1. The lowest BCUT2D eigenvalue weighted by Crippen LogP contribution is -2.44. The van der Waals surface area contributed by atoms with Gasteiger partial charge in [-0.05, 0) is 30.9 Å². The summed E-state index contributed by atoms with van der Waals surface area (Å²) in [4.78, 5) is 16.3. The Bertz CT molecular complexity index is 698. The molecule has 1 fully saturated rings. The van der Waals surface area contributed by atoms with E-state index in [2.05, 4.69) is 15.6 Å². The molecule has 6 heteroatoms. The Kier molecular flexibility index (Phi) is 5.15. The molecule has 0 bridgehead atoms. The minimum atomic E-state index is -0.131. The van der Waals surface area contributed by atoms with Crippen LogP contribution in [0.2, 0.25) is 0 Å². The maximum atomic E-state index is 12.2. The first-order chi connectivity index (χ1) is 11.6. The summed E-state index contributed by atoms with van der Waals surface area (Å²) in [6, 6.07) is 8.04. The zero-order valence-corrected chi connectivity index (χ0v) is 14.2. The van der Waals surface area contributed by atoms with E-state index in [-0.39, 0.29) is 18.2 Å². The van der Waals surface area contributed by atoms with Gasteiger partial charge in [0.1, 0.15) is 6.10 Å². The number of carbonyl (C=O) groups excluding carboxylic acids is 1. The fraction of sp³-hybridized carbons (Fsp3) is 0.444. The molecule has 1 aromatic carbocycles. The van der Waals surface area contributed by atoms with Crippen LogP contribution in [-0.4, -0.2) is 28.2 Å². The van der Waals surface area contributed by atoms with Gasteiger partial charge < -0.3 is 19.9 Å². The van der Waals surface area contributed by atoms with Gasteiger partial charge in [0, 0.05) is 26.2 Å². The molecule has 2 N–H and O–H groups in total. The highest BCUT2D eigenvalue weighted by Crippen LogP contribution is 2.27.